The minimum absolute atomic E-state index is 0. The topological polar surface area (TPSA) is 84.2 Å². The van der Waals surface area contributed by atoms with Gasteiger partial charge in [-0.15, -0.1) is 12.4 Å². The molecule has 0 aliphatic heterocycles. The van der Waals surface area contributed by atoms with Crippen molar-refractivity contribution in [1.29, 1.82) is 0 Å². The van der Waals surface area contributed by atoms with Gasteiger partial charge in [0.25, 0.3) is 0 Å². The summed E-state index contributed by atoms with van der Waals surface area (Å²) in [6.07, 6.45) is 2.49. The Labute approximate surface area is 131 Å². The first-order valence-corrected chi connectivity index (χ1v) is 7.02. The van der Waals surface area contributed by atoms with Gasteiger partial charge in [-0.2, -0.15) is 0 Å². The van der Waals surface area contributed by atoms with Crippen molar-refractivity contribution < 1.29 is 9.59 Å². The van der Waals surface area contributed by atoms with Crippen molar-refractivity contribution in [2.24, 2.45) is 11.7 Å². The highest BCUT2D eigenvalue weighted by molar-refractivity contribution is 5.85. The van der Waals surface area contributed by atoms with E-state index in [4.69, 9.17) is 5.73 Å². The standard InChI is InChI=1S/C15H21N3O2.ClH/c16-13(10-11-4-2-1-3-5-11)15(20)18-9-8-17-14(19)12-6-7-12;/h1-5,12-13H,6-10,16H2,(H,17,19)(H,18,20);1H. The van der Waals surface area contributed by atoms with E-state index in [0.29, 0.717) is 19.5 Å². The van der Waals surface area contributed by atoms with Crippen molar-refractivity contribution in [3.05, 3.63) is 35.9 Å². The molecule has 0 radical (unpaired) electrons. The summed E-state index contributed by atoms with van der Waals surface area (Å²) in [6.45, 7) is 0.874. The van der Waals surface area contributed by atoms with Crippen LogP contribution in [0.15, 0.2) is 30.3 Å². The molecule has 0 heterocycles. The lowest BCUT2D eigenvalue weighted by molar-refractivity contribution is -0.124. The Bertz CT molecular complexity index is 463. The number of nitrogens with two attached hydrogens (primary N) is 1. The van der Waals surface area contributed by atoms with Gasteiger partial charge < -0.3 is 16.4 Å². The summed E-state index contributed by atoms with van der Waals surface area (Å²) in [7, 11) is 0. The Hall–Kier alpha value is -1.59. The molecule has 1 fully saturated rings. The maximum atomic E-state index is 11.8. The fraction of sp³-hybridized carbons (Fsp3) is 0.467. The number of carbonyl (C=O) groups excluding carboxylic acids is 2. The second-order valence-corrected chi connectivity index (χ2v) is 5.15. The predicted molar refractivity (Wildman–Crippen MR) is 84.1 cm³/mol. The van der Waals surface area contributed by atoms with Gasteiger partial charge >= 0.3 is 0 Å². The van der Waals surface area contributed by atoms with E-state index < -0.39 is 6.04 Å². The third kappa shape index (κ3) is 6.14. The van der Waals surface area contributed by atoms with E-state index in [1.54, 1.807) is 0 Å². The van der Waals surface area contributed by atoms with Crippen LogP contribution >= 0.6 is 12.4 Å². The molecule has 6 heteroatoms. The van der Waals surface area contributed by atoms with Crippen LogP contribution in [0, 0.1) is 5.92 Å². The van der Waals surface area contributed by atoms with Gasteiger partial charge in [0.15, 0.2) is 0 Å². The maximum Gasteiger partial charge on any atom is 0.237 e. The molecule has 2 amide bonds. The fourth-order valence-electron chi connectivity index (χ4n) is 1.95. The lowest BCUT2D eigenvalue weighted by Crippen LogP contribution is -2.44. The van der Waals surface area contributed by atoms with E-state index in [9.17, 15) is 9.59 Å². The second-order valence-electron chi connectivity index (χ2n) is 5.15. The molecule has 1 aromatic carbocycles. The SMILES string of the molecule is Cl.NC(Cc1ccccc1)C(=O)NCCNC(=O)C1CC1. The summed E-state index contributed by atoms with van der Waals surface area (Å²) in [5.74, 6) is 0.105. The van der Waals surface area contributed by atoms with Crippen LogP contribution in [0.1, 0.15) is 18.4 Å². The molecule has 21 heavy (non-hydrogen) atoms. The Kier molecular flexibility index (Phi) is 7.19. The van der Waals surface area contributed by atoms with Crippen molar-refractivity contribution in [3.8, 4) is 0 Å². The lowest BCUT2D eigenvalue weighted by Gasteiger charge is -2.12. The molecular formula is C15H22ClN3O2. The molecule has 0 aromatic heterocycles. The number of hydrogen-bond acceptors (Lipinski definition) is 3. The van der Waals surface area contributed by atoms with Gasteiger partial charge in [-0.3, -0.25) is 9.59 Å². The van der Waals surface area contributed by atoms with Gasteiger partial charge in [-0.25, -0.2) is 0 Å². The van der Waals surface area contributed by atoms with Crippen LogP contribution in [-0.2, 0) is 16.0 Å². The summed E-state index contributed by atoms with van der Waals surface area (Å²) in [4.78, 5) is 23.2. The summed E-state index contributed by atoms with van der Waals surface area (Å²) in [6, 6.07) is 9.11. The first-order chi connectivity index (χ1) is 9.66. The average Bonchev–Trinajstić information content (AvgIpc) is 3.28. The largest absolute Gasteiger partial charge is 0.354 e. The highest BCUT2D eigenvalue weighted by Crippen LogP contribution is 2.28. The molecule has 0 spiro atoms. The fourth-order valence-corrected chi connectivity index (χ4v) is 1.95. The van der Waals surface area contributed by atoms with E-state index >= 15 is 0 Å². The van der Waals surface area contributed by atoms with Crippen molar-refractivity contribution >= 4 is 24.2 Å². The van der Waals surface area contributed by atoms with Gasteiger partial charge in [0, 0.05) is 19.0 Å². The van der Waals surface area contributed by atoms with Crippen LogP contribution in [0.3, 0.4) is 0 Å². The normalized spacial score (nSPS) is 14.7. The molecule has 1 saturated carbocycles. The Balaban J connectivity index is 0.00000220. The van der Waals surface area contributed by atoms with E-state index in [-0.39, 0.29) is 30.1 Å². The summed E-state index contributed by atoms with van der Waals surface area (Å²) in [5, 5.41) is 5.53. The monoisotopic (exact) mass is 311 g/mol. The molecule has 1 aliphatic rings. The number of amides is 2. The third-order valence-electron chi connectivity index (χ3n) is 3.31. The molecule has 1 unspecified atom stereocenters. The zero-order valence-corrected chi connectivity index (χ0v) is 12.7. The summed E-state index contributed by atoms with van der Waals surface area (Å²) < 4.78 is 0. The van der Waals surface area contributed by atoms with Crippen LogP contribution in [0.2, 0.25) is 0 Å². The molecule has 2 rings (SSSR count). The molecule has 0 bridgehead atoms. The lowest BCUT2D eigenvalue weighted by atomic mass is 10.1. The van der Waals surface area contributed by atoms with Gasteiger partial charge in [0.1, 0.15) is 0 Å². The first kappa shape index (κ1) is 17.5. The van der Waals surface area contributed by atoms with E-state index in [1.165, 1.54) is 0 Å². The Morgan fingerprint density at radius 1 is 1.14 bits per heavy atom. The third-order valence-corrected chi connectivity index (χ3v) is 3.31. The predicted octanol–water partition coefficient (Wildman–Crippen LogP) is 0.621. The Morgan fingerprint density at radius 2 is 1.76 bits per heavy atom. The number of rotatable bonds is 7. The van der Waals surface area contributed by atoms with Crippen LogP contribution in [0.25, 0.3) is 0 Å². The van der Waals surface area contributed by atoms with Crippen LogP contribution < -0.4 is 16.4 Å². The zero-order chi connectivity index (χ0) is 14.4. The minimum Gasteiger partial charge on any atom is -0.354 e. The van der Waals surface area contributed by atoms with Gasteiger partial charge in [0.2, 0.25) is 11.8 Å². The summed E-state index contributed by atoms with van der Waals surface area (Å²) in [5.41, 5.74) is 6.89. The molecule has 1 atom stereocenters. The second kappa shape index (κ2) is 8.64. The molecule has 5 nitrogen and oxygen atoms in total. The van der Waals surface area contributed by atoms with Crippen molar-refractivity contribution in [1.82, 2.24) is 10.6 Å². The maximum absolute atomic E-state index is 11.8. The van der Waals surface area contributed by atoms with E-state index in [0.717, 1.165) is 18.4 Å². The molecule has 1 aromatic rings. The number of hydrogen-bond donors (Lipinski definition) is 3. The van der Waals surface area contributed by atoms with Gasteiger partial charge in [-0.1, -0.05) is 30.3 Å². The number of halogens is 1. The minimum atomic E-state index is -0.559. The van der Waals surface area contributed by atoms with Crippen molar-refractivity contribution in [2.75, 3.05) is 13.1 Å². The van der Waals surface area contributed by atoms with Crippen LogP contribution in [0.4, 0.5) is 0 Å². The van der Waals surface area contributed by atoms with Crippen molar-refractivity contribution in [3.63, 3.8) is 0 Å². The molecule has 116 valence electrons. The molecule has 0 saturated heterocycles. The summed E-state index contributed by atoms with van der Waals surface area (Å²) >= 11 is 0. The quantitative estimate of drug-likeness (QED) is 0.645. The highest BCUT2D eigenvalue weighted by Gasteiger charge is 2.29. The number of nitrogens with one attached hydrogen (secondary N) is 2. The van der Waals surface area contributed by atoms with E-state index in [2.05, 4.69) is 10.6 Å². The van der Waals surface area contributed by atoms with E-state index in [1.807, 2.05) is 30.3 Å². The zero-order valence-electron chi connectivity index (χ0n) is 11.9. The smallest absolute Gasteiger partial charge is 0.237 e. The van der Waals surface area contributed by atoms with Crippen LogP contribution in [0.5, 0.6) is 0 Å². The average molecular weight is 312 g/mol. The van der Waals surface area contributed by atoms with Crippen molar-refractivity contribution in [2.45, 2.75) is 25.3 Å². The number of carbonyl (C=O) groups is 2. The number of benzene rings is 1. The van der Waals surface area contributed by atoms with Gasteiger partial charge in [0.05, 0.1) is 6.04 Å². The molecule has 4 N–H and O–H groups in total. The highest BCUT2D eigenvalue weighted by atomic mass is 35.5. The van der Waals surface area contributed by atoms with Crippen LogP contribution in [-0.4, -0.2) is 30.9 Å². The molecule has 1 aliphatic carbocycles. The first-order valence-electron chi connectivity index (χ1n) is 7.02. The van der Waals surface area contributed by atoms with Gasteiger partial charge in [-0.05, 0) is 24.8 Å². The molecular weight excluding hydrogens is 290 g/mol. The Morgan fingerprint density at radius 3 is 2.38 bits per heavy atom.